The molecule has 6 heteroatoms. The minimum atomic E-state index is -3.89. The second-order valence-electron chi connectivity index (χ2n) is 9.56. The Kier molecular flexibility index (Phi) is 22.3. The van der Waals surface area contributed by atoms with Gasteiger partial charge in [-0.2, -0.15) is 8.42 Å². The van der Waals surface area contributed by atoms with Crippen molar-refractivity contribution in [3.8, 4) is 0 Å². The van der Waals surface area contributed by atoms with E-state index in [1.165, 1.54) is 96.3 Å². The Hall–Kier alpha value is -0.880. The minimum absolute atomic E-state index is 0.128. The Bertz CT molecular complexity index is 575. The number of rotatable bonds is 24. The second kappa shape index (κ2) is 22.9. The molecule has 0 radical (unpaired) electrons. The van der Waals surface area contributed by atoms with Crippen molar-refractivity contribution >= 4 is 16.0 Å². The molecule has 0 bridgehead atoms. The van der Waals surface area contributed by atoms with Crippen LogP contribution in [0.15, 0.2) is 12.2 Å². The molecule has 196 valence electrons. The maximum Gasteiger partial charge on any atom is 0.264 e. The largest absolute Gasteiger partial charge is 0.346 e. The maximum absolute atomic E-state index is 12.1. The van der Waals surface area contributed by atoms with Crippen LogP contribution in [0.2, 0.25) is 0 Å². The summed E-state index contributed by atoms with van der Waals surface area (Å²) in [7, 11) is -2.12. The van der Waals surface area contributed by atoms with Crippen molar-refractivity contribution in [3.05, 3.63) is 12.2 Å². The summed E-state index contributed by atoms with van der Waals surface area (Å²) in [5.74, 6) is -0.103. The first-order valence-electron chi connectivity index (χ1n) is 13.7. The molecule has 0 heterocycles. The normalized spacial score (nSPS) is 12.0. The highest BCUT2D eigenvalue weighted by molar-refractivity contribution is 7.85. The molecule has 0 unspecified atom stereocenters. The molecule has 0 aromatic heterocycles. The highest BCUT2D eigenvalue weighted by atomic mass is 32.2. The first-order valence-corrected chi connectivity index (χ1v) is 15.3. The van der Waals surface area contributed by atoms with Gasteiger partial charge in [-0.25, -0.2) is 0 Å². The number of carbonyl (C=O) groups is 1. The molecule has 0 aromatic carbocycles. The van der Waals surface area contributed by atoms with Crippen LogP contribution >= 0.6 is 0 Å². The van der Waals surface area contributed by atoms with E-state index in [9.17, 15) is 13.2 Å². The van der Waals surface area contributed by atoms with Gasteiger partial charge in [-0.3, -0.25) is 9.35 Å². The fourth-order valence-corrected chi connectivity index (χ4v) is 4.57. The van der Waals surface area contributed by atoms with Gasteiger partial charge in [-0.05, 0) is 44.9 Å². The van der Waals surface area contributed by atoms with Gasteiger partial charge in [0.15, 0.2) is 0 Å². The van der Waals surface area contributed by atoms with E-state index >= 15 is 0 Å². The van der Waals surface area contributed by atoms with Crippen LogP contribution in [-0.2, 0) is 14.9 Å². The fraction of sp³-hybridized carbons (Fsp3) is 0.889. The molecule has 0 spiro atoms. The lowest BCUT2D eigenvalue weighted by molar-refractivity contribution is -0.130. The lowest BCUT2D eigenvalue weighted by atomic mass is 10.1. The van der Waals surface area contributed by atoms with Gasteiger partial charge in [-0.1, -0.05) is 96.1 Å². The molecule has 0 aliphatic rings. The zero-order valence-electron chi connectivity index (χ0n) is 21.7. The average Bonchev–Trinajstić information content (AvgIpc) is 2.77. The topological polar surface area (TPSA) is 74.7 Å². The van der Waals surface area contributed by atoms with Gasteiger partial charge in [0.1, 0.15) is 0 Å². The molecular weight excluding hydrogens is 434 g/mol. The van der Waals surface area contributed by atoms with Crippen LogP contribution in [0.3, 0.4) is 0 Å². The Morgan fingerprint density at radius 3 is 1.64 bits per heavy atom. The summed E-state index contributed by atoms with van der Waals surface area (Å²) in [6.45, 7) is 2.81. The third-order valence-electron chi connectivity index (χ3n) is 6.22. The maximum atomic E-state index is 12.1. The van der Waals surface area contributed by atoms with Gasteiger partial charge in [0.2, 0.25) is 5.91 Å². The van der Waals surface area contributed by atoms with Crippen molar-refractivity contribution in [3.63, 3.8) is 0 Å². The molecule has 0 saturated carbocycles. The standard InChI is InChI=1S/C27H53NO4S/c1-3-4-5-6-7-8-9-10-11-12-13-14-15-16-17-18-19-20-21-24-27(29)28(2)25-22-23-26-33(30,31)32/h10-11H,3-9,12-26H2,1-2H3,(H,30,31,32)/b11-10+. The van der Waals surface area contributed by atoms with E-state index in [0.717, 1.165) is 12.8 Å². The molecule has 0 saturated heterocycles. The molecular formula is C27H53NO4S. The number of unbranched alkanes of at least 4 members (excludes halogenated alkanes) is 16. The van der Waals surface area contributed by atoms with Crippen LogP contribution < -0.4 is 0 Å². The molecule has 1 N–H and O–H groups in total. The first-order chi connectivity index (χ1) is 15.9. The number of carbonyl (C=O) groups excluding carboxylic acids is 1. The van der Waals surface area contributed by atoms with E-state index in [1.807, 2.05) is 0 Å². The van der Waals surface area contributed by atoms with Crippen LogP contribution in [-0.4, -0.2) is 43.1 Å². The van der Waals surface area contributed by atoms with Crippen LogP contribution in [0.5, 0.6) is 0 Å². The predicted molar refractivity (Wildman–Crippen MR) is 141 cm³/mol. The molecule has 0 aliphatic heterocycles. The highest BCUT2D eigenvalue weighted by Gasteiger charge is 2.09. The lowest BCUT2D eigenvalue weighted by Crippen LogP contribution is -2.27. The van der Waals surface area contributed by atoms with Gasteiger partial charge >= 0.3 is 0 Å². The monoisotopic (exact) mass is 487 g/mol. The fourth-order valence-electron chi connectivity index (χ4n) is 4.00. The molecule has 0 rings (SSSR count). The Morgan fingerprint density at radius 2 is 1.15 bits per heavy atom. The summed E-state index contributed by atoms with van der Waals surface area (Å²) in [5, 5.41) is 0. The van der Waals surface area contributed by atoms with Gasteiger partial charge < -0.3 is 4.90 Å². The minimum Gasteiger partial charge on any atom is -0.346 e. The Labute approximate surface area is 205 Å². The van der Waals surface area contributed by atoms with Crippen LogP contribution in [0.25, 0.3) is 0 Å². The van der Waals surface area contributed by atoms with Crippen molar-refractivity contribution in [2.24, 2.45) is 0 Å². The number of amides is 1. The van der Waals surface area contributed by atoms with E-state index in [-0.39, 0.29) is 11.7 Å². The highest BCUT2D eigenvalue weighted by Crippen LogP contribution is 2.13. The van der Waals surface area contributed by atoms with Crippen LogP contribution in [0.1, 0.15) is 135 Å². The van der Waals surface area contributed by atoms with E-state index < -0.39 is 10.1 Å². The SMILES string of the molecule is CCCCCCCC/C=C/CCCCCCCCCCCC(=O)N(C)CCCCS(=O)(=O)O. The summed E-state index contributed by atoms with van der Waals surface area (Å²) in [6, 6.07) is 0. The van der Waals surface area contributed by atoms with Gasteiger partial charge in [-0.15, -0.1) is 0 Å². The summed E-state index contributed by atoms with van der Waals surface area (Å²) < 4.78 is 30.1. The smallest absolute Gasteiger partial charge is 0.264 e. The average molecular weight is 488 g/mol. The number of hydrogen-bond acceptors (Lipinski definition) is 3. The summed E-state index contributed by atoms with van der Waals surface area (Å²) in [4.78, 5) is 13.7. The quantitative estimate of drug-likeness (QED) is 0.0859. The van der Waals surface area contributed by atoms with E-state index in [2.05, 4.69) is 19.1 Å². The van der Waals surface area contributed by atoms with Crippen molar-refractivity contribution in [1.82, 2.24) is 4.90 Å². The summed E-state index contributed by atoms with van der Waals surface area (Å²) >= 11 is 0. The third-order valence-corrected chi connectivity index (χ3v) is 7.03. The van der Waals surface area contributed by atoms with Gasteiger partial charge in [0.05, 0.1) is 5.75 Å². The molecule has 0 fully saturated rings. The Morgan fingerprint density at radius 1 is 0.697 bits per heavy atom. The lowest BCUT2D eigenvalue weighted by Gasteiger charge is -2.16. The third kappa shape index (κ3) is 25.6. The zero-order valence-corrected chi connectivity index (χ0v) is 22.6. The zero-order chi connectivity index (χ0) is 24.6. The van der Waals surface area contributed by atoms with E-state index in [4.69, 9.17) is 4.55 Å². The molecule has 33 heavy (non-hydrogen) atoms. The van der Waals surface area contributed by atoms with Crippen LogP contribution in [0, 0.1) is 0 Å². The van der Waals surface area contributed by atoms with Crippen molar-refractivity contribution in [1.29, 1.82) is 0 Å². The number of hydrogen-bond donors (Lipinski definition) is 1. The van der Waals surface area contributed by atoms with E-state index in [0.29, 0.717) is 25.8 Å². The second-order valence-corrected chi connectivity index (χ2v) is 11.1. The molecule has 0 aromatic rings. The number of nitrogens with zero attached hydrogens (tertiary/aromatic N) is 1. The van der Waals surface area contributed by atoms with Crippen molar-refractivity contribution in [2.75, 3.05) is 19.3 Å². The van der Waals surface area contributed by atoms with Crippen molar-refractivity contribution < 1.29 is 17.8 Å². The molecule has 5 nitrogen and oxygen atoms in total. The summed E-state index contributed by atoms with van der Waals surface area (Å²) in [6.07, 6.45) is 28.2. The van der Waals surface area contributed by atoms with Gasteiger partial charge in [0.25, 0.3) is 10.1 Å². The first kappa shape index (κ1) is 32.1. The molecule has 0 aliphatic carbocycles. The Balaban J connectivity index is 3.34. The summed E-state index contributed by atoms with van der Waals surface area (Å²) in [5.41, 5.74) is 0. The van der Waals surface area contributed by atoms with Crippen molar-refractivity contribution in [2.45, 2.75) is 135 Å². The van der Waals surface area contributed by atoms with Crippen LogP contribution in [0.4, 0.5) is 0 Å². The predicted octanol–water partition coefficient (Wildman–Crippen LogP) is 7.71. The van der Waals surface area contributed by atoms with E-state index in [1.54, 1.807) is 11.9 Å². The molecule has 0 atom stereocenters. The molecule has 1 amide bonds. The van der Waals surface area contributed by atoms with Gasteiger partial charge in [0, 0.05) is 20.0 Å². The number of allylic oxidation sites excluding steroid dienone is 2.